The minimum Gasteiger partial charge on any atom is -0.497 e. The molecule has 0 spiro atoms. The van der Waals surface area contributed by atoms with Crippen molar-refractivity contribution < 1.29 is 17.9 Å². The van der Waals surface area contributed by atoms with E-state index in [1.165, 1.54) is 25.3 Å². The van der Waals surface area contributed by atoms with Crippen LogP contribution in [0.15, 0.2) is 36.4 Å². The molecule has 0 aliphatic heterocycles. The lowest BCUT2D eigenvalue weighted by molar-refractivity contribution is 0.410. The third-order valence-corrected chi connectivity index (χ3v) is 3.79. The molecule has 0 aliphatic rings. The molecule has 2 rings (SSSR count). The van der Waals surface area contributed by atoms with Crippen LogP contribution in [0.2, 0.25) is 0 Å². The minimum atomic E-state index is -0.905. The van der Waals surface area contributed by atoms with E-state index in [1.54, 1.807) is 12.1 Å². The highest BCUT2D eigenvalue weighted by Crippen LogP contribution is 2.31. The van der Waals surface area contributed by atoms with Crippen molar-refractivity contribution in [2.24, 2.45) is 0 Å². The minimum absolute atomic E-state index is 0.146. The normalized spacial score (nSPS) is 12.2. The zero-order chi connectivity index (χ0) is 14.7. The Kier molecular flexibility index (Phi) is 4.70. The molecule has 0 heterocycles. The maximum atomic E-state index is 13.9. The quantitative estimate of drug-likeness (QED) is 0.724. The number of hydrogen-bond acceptors (Lipinski definition) is 1. The van der Waals surface area contributed by atoms with Crippen molar-refractivity contribution in [2.75, 3.05) is 7.11 Å². The highest BCUT2D eigenvalue weighted by molar-refractivity contribution is 9.09. The lowest BCUT2D eigenvalue weighted by Crippen LogP contribution is -2.02. The van der Waals surface area contributed by atoms with E-state index in [4.69, 9.17) is 4.74 Å². The van der Waals surface area contributed by atoms with E-state index in [1.807, 2.05) is 0 Å². The van der Waals surface area contributed by atoms with Gasteiger partial charge in [0, 0.05) is 16.5 Å². The molecule has 0 saturated heterocycles. The van der Waals surface area contributed by atoms with Crippen LogP contribution in [-0.4, -0.2) is 7.11 Å². The van der Waals surface area contributed by atoms with Gasteiger partial charge in [0.25, 0.3) is 0 Å². The van der Waals surface area contributed by atoms with Crippen molar-refractivity contribution in [1.29, 1.82) is 0 Å². The monoisotopic (exact) mass is 344 g/mol. The van der Waals surface area contributed by atoms with Crippen molar-refractivity contribution in [3.05, 3.63) is 65.0 Å². The summed E-state index contributed by atoms with van der Waals surface area (Å²) in [5.74, 6) is -1.85. The fraction of sp³-hybridized carbons (Fsp3) is 0.200. The first-order valence-electron chi connectivity index (χ1n) is 5.93. The van der Waals surface area contributed by atoms with Gasteiger partial charge in [-0.25, -0.2) is 13.2 Å². The van der Waals surface area contributed by atoms with E-state index in [9.17, 15) is 13.2 Å². The van der Waals surface area contributed by atoms with E-state index in [0.29, 0.717) is 11.3 Å². The van der Waals surface area contributed by atoms with E-state index in [2.05, 4.69) is 15.9 Å². The van der Waals surface area contributed by atoms with Gasteiger partial charge < -0.3 is 4.74 Å². The van der Waals surface area contributed by atoms with Gasteiger partial charge >= 0.3 is 0 Å². The summed E-state index contributed by atoms with van der Waals surface area (Å²) in [6.07, 6.45) is 0.146. The van der Waals surface area contributed by atoms with Crippen molar-refractivity contribution in [2.45, 2.75) is 11.2 Å². The van der Waals surface area contributed by atoms with Crippen LogP contribution >= 0.6 is 15.9 Å². The highest BCUT2D eigenvalue weighted by Gasteiger charge is 2.17. The Morgan fingerprint density at radius 2 is 1.85 bits per heavy atom. The average Bonchev–Trinajstić information content (AvgIpc) is 2.43. The molecule has 1 atom stereocenters. The topological polar surface area (TPSA) is 9.23 Å². The van der Waals surface area contributed by atoms with Crippen molar-refractivity contribution in [1.82, 2.24) is 0 Å². The predicted octanol–water partition coefficient (Wildman–Crippen LogP) is 4.79. The number of benzene rings is 2. The summed E-state index contributed by atoms with van der Waals surface area (Å²) < 4.78 is 45.5. The van der Waals surface area contributed by atoms with Crippen LogP contribution in [0.4, 0.5) is 13.2 Å². The number of methoxy groups -OCH3 is 1. The Hall–Kier alpha value is -1.49. The van der Waals surface area contributed by atoms with Crippen LogP contribution in [0, 0.1) is 17.5 Å². The van der Waals surface area contributed by atoms with Gasteiger partial charge in [-0.2, -0.15) is 0 Å². The molecule has 0 aliphatic carbocycles. The van der Waals surface area contributed by atoms with E-state index < -0.39 is 22.3 Å². The summed E-state index contributed by atoms with van der Waals surface area (Å²) >= 11 is 3.31. The Labute approximate surface area is 123 Å². The first-order chi connectivity index (χ1) is 9.52. The fourth-order valence-electron chi connectivity index (χ4n) is 1.90. The molecule has 1 unspecified atom stereocenters. The second kappa shape index (κ2) is 6.31. The first kappa shape index (κ1) is 14.9. The van der Waals surface area contributed by atoms with Crippen LogP contribution in [0.3, 0.4) is 0 Å². The van der Waals surface area contributed by atoms with Crippen LogP contribution < -0.4 is 4.74 Å². The Morgan fingerprint density at radius 1 is 1.10 bits per heavy atom. The first-order valence-corrected chi connectivity index (χ1v) is 6.85. The molecule has 20 heavy (non-hydrogen) atoms. The molecule has 2 aromatic rings. The molecule has 2 aromatic carbocycles. The van der Waals surface area contributed by atoms with Crippen molar-refractivity contribution >= 4 is 15.9 Å². The molecule has 5 heteroatoms. The van der Waals surface area contributed by atoms with Crippen LogP contribution in [-0.2, 0) is 6.42 Å². The lowest BCUT2D eigenvalue weighted by Gasteiger charge is -2.13. The molecule has 0 radical (unpaired) electrons. The fourth-order valence-corrected chi connectivity index (χ4v) is 2.62. The van der Waals surface area contributed by atoms with Crippen molar-refractivity contribution in [3.63, 3.8) is 0 Å². The Morgan fingerprint density at radius 3 is 2.50 bits per heavy atom. The van der Waals surface area contributed by atoms with Gasteiger partial charge in [0.2, 0.25) is 0 Å². The zero-order valence-corrected chi connectivity index (χ0v) is 12.3. The highest BCUT2D eigenvalue weighted by atomic mass is 79.9. The Balaban J connectivity index is 2.24. The number of alkyl halides is 1. The standard InChI is InChI=1S/C15H12BrF3O/c1-20-10-5-6-11(14(18)8-10)12(16)7-9-3-2-4-13(17)15(9)19/h2-6,8,12H,7H2,1H3. The summed E-state index contributed by atoms with van der Waals surface area (Å²) in [7, 11) is 1.45. The van der Waals surface area contributed by atoms with Gasteiger partial charge in [-0.3, -0.25) is 0 Å². The second-order valence-electron chi connectivity index (χ2n) is 4.27. The zero-order valence-electron chi connectivity index (χ0n) is 10.7. The van der Waals surface area contributed by atoms with Crippen LogP contribution in [0.1, 0.15) is 16.0 Å². The molecular weight excluding hydrogens is 333 g/mol. The number of rotatable bonds is 4. The summed E-state index contributed by atoms with van der Waals surface area (Å²) in [4.78, 5) is -0.454. The maximum Gasteiger partial charge on any atom is 0.162 e. The molecule has 106 valence electrons. The van der Waals surface area contributed by atoms with Gasteiger partial charge in [-0.1, -0.05) is 34.1 Å². The van der Waals surface area contributed by atoms with Gasteiger partial charge in [0.05, 0.1) is 7.11 Å². The van der Waals surface area contributed by atoms with Gasteiger partial charge in [-0.15, -0.1) is 0 Å². The molecule has 0 amide bonds. The molecule has 0 N–H and O–H groups in total. The summed E-state index contributed by atoms with van der Waals surface area (Å²) in [5, 5.41) is 0. The lowest BCUT2D eigenvalue weighted by atomic mass is 10.0. The summed E-state index contributed by atoms with van der Waals surface area (Å²) in [6.45, 7) is 0. The molecule has 0 bridgehead atoms. The van der Waals surface area contributed by atoms with Gasteiger partial charge in [0.1, 0.15) is 11.6 Å². The number of hydrogen-bond donors (Lipinski definition) is 0. The van der Waals surface area contributed by atoms with E-state index in [-0.39, 0.29) is 12.0 Å². The third-order valence-electron chi connectivity index (χ3n) is 2.98. The molecule has 0 fully saturated rings. The van der Waals surface area contributed by atoms with E-state index in [0.717, 1.165) is 6.07 Å². The predicted molar refractivity (Wildman–Crippen MR) is 74.7 cm³/mol. The van der Waals surface area contributed by atoms with E-state index >= 15 is 0 Å². The SMILES string of the molecule is COc1ccc(C(Br)Cc2cccc(F)c2F)c(F)c1. The van der Waals surface area contributed by atoms with Crippen LogP contribution in [0.5, 0.6) is 5.75 Å². The molecule has 1 nitrogen and oxygen atoms in total. The maximum absolute atomic E-state index is 13.9. The largest absolute Gasteiger partial charge is 0.497 e. The van der Waals surface area contributed by atoms with Gasteiger partial charge in [-0.05, 0) is 24.1 Å². The van der Waals surface area contributed by atoms with Gasteiger partial charge in [0.15, 0.2) is 11.6 Å². The molecule has 0 saturated carbocycles. The summed E-state index contributed by atoms with van der Waals surface area (Å²) in [5.41, 5.74) is 0.566. The Bertz CT molecular complexity index is 616. The smallest absolute Gasteiger partial charge is 0.162 e. The number of ether oxygens (including phenoxy) is 1. The molecule has 0 aromatic heterocycles. The molecular formula is C15H12BrF3O. The number of halogens is 4. The van der Waals surface area contributed by atoms with Crippen LogP contribution in [0.25, 0.3) is 0 Å². The van der Waals surface area contributed by atoms with Crippen molar-refractivity contribution in [3.8, 4) is 5.75 Å². The third kappa shape index (κ3) is 3.15. The average molecular weight is 345 g/mol. The second-order valence-corrected chi connectivity index (χ2v) is 5.38. The summed E-state index contributed by atoms with van der Waals surface area (Å²) in [6, 6.07) is 8.40.